The highest BCUT2D eigenvalue weighted by molar-refractivity contribution is 5.91. The Morgan fingerprint density at radius 1 is 0.885 bits per heavy atom. The van der Waals surface area contributed by atoms with Gasteiger partial charge in [-0.2, -0.15) is 0 Å². The highest BCUT2D eigenvalue weighted by Gasteiger charge is 2.24. The van der Waals surface area contributed by atoms with Crippen LogP contribution in [0.1, 0.15) is 28.1 Å². The van der Waals surface area contributed by atoms with Crippen molar-refractivity contribution >= 4 is 5.91 Å². The molecule has 1 atom stereocenters. The van der Waals surface area contributed by atoms with Crippen LogP contribution in [-0.4, -0.2) is 16.1 Å². The summed E-state index contributed by atoms with van der Waals surface area (Å²) < 4.78 is 11.0. The van der Waals surface area contributed by atoms with E-state index in [-0.39, 0.29) is 11.7 Å². The SMILES string of the molecule is O=C(N[C@@H](c1ccccc1)c1nnc(-c2ccccc2)o1)c1ccco1. The van der Waals surface area contributed by atoms with Crippen molar-refractivity contribution in [2.24, 2.45) is 0 Å². The lowest BCUT2D eigenvalue weighted by Gasteiger charge is -2.14. The smallest absolute Gasteiger partial charge is 0.287 e. The largest absolute Gasteiger partial charge is 0.459 e. The summed E-state index contributed by atoms with van der Waals surface area (Å²) in [6.07, 6.45) is 1.45. The molecule has 4 aromatic rings. The molecule has 128 valence electrons. The fourth-order valence-corrected chi connectivity index (χ4v) is 2.59. The van der Waals surface area contributed by atoms with Crippen molar-refractivity contribution in [1.82, 2.24) is 15.5 Å². The first-order chi connectivity index (χ1) is 12.8. The Balaban J connectivity index is 1.67. The summed E-state index contributed by atoms with van der Waals surface area (Å²) >= 11 is 0. The van der Waals surface area contributed by atoms with E-state index >= 15 is 0 Å². The van der Waals surface area contributed by atoms with Crippen molar-refractivity contribution in [1.29, 1.82) is 0 Å². The molecular weight excluding hydrogens is 330 g/mol. The molecule has 0 aliphatic carbocycles. The van der Waals surface area contributed by atoms with Crippen LogP contribution in [-0.2, 0) is 0 Å². The molecule has 0 spiro atoms. The first kappa shape index (κ1) is 15.8. The van der Waals surface area contributed by atoms with Crippen molar-refractivity contribution in [2.45, 2.75) is 6.04 Å². The zero-order valence-electron chi connectivity index (χ0n) is 13.7. The second-order valence-corrected chi connectivity index (χ2v) is 5.61. The van der Waals surface area contributed by atoms with Gasteiger partial charge in [0.2, 0.25) is 11.8 Å². The van der Waals surface area contributed by atoms with Crippen LogP contribution in [0.25, 0.3) is 11.5 Å². The topological polar surface area (TPSA) is 81.2 Å². The van der Waals surface area contributed by atoms with Crippen LogP contribution in [0.4, 0.5) is 0 Å². The van der Waals surface area contributed by atoms with Crippen LogP contribution in [0, 0.1) is 0 Å². The number of benzene rings is 2. The van der Waals surface area contributed by atoms with Gasteiger partial charge in [0, 0.05) is 5.56 Å². The molecule has 26 heavy (non-hydrogen) atoms. The Kier molecular flexibility index (Phi) is 4.30. The third kappa shape index (κ3) is 3.25. The van der Waals surface area contributed by atoms with Crippen LogP contribution in [0.5, 0.6) is 0 Å². The summed E-state index contributed by atoms with van der Waals surface area (Å²) in [6, 6.07) is 21.6. The van der Waals surface area contributed by atoms with Crippen LogP contribution in [0.15, 0.2) is 87.9 Å². The second kappa shape index (κ2) is 7.06. The van der Waals surface area contributed by atoms with Crippen LogP contribution in [0.3, 0.4) is 0 Å². The first-order valence-corrected chi connectivity index (χ1v) is 8.09. The molecule has 6 nitrogen and oxygen atoms in total. The third-order valence-electron chi connectivity index (χ3n) is 3.86. The molecule has 2 aromatic carbocycles. The molecule has 0 fully saturated rings. The van der Waals surface area contributed by atoms with E-state index in [1.807, 2.05) is 60.7 Å². The fraction of sp³-hybridized carbons (Fsp3) is 0.0500. The van der Waals surface area contributed by atoms with Gasteiger partial charge in [-0.05, 0) is 29.8 Å². The van der Waals surface area contributed by atoms with E-state index in [1.165, 1.54) is 6.26 Å². The number of nitrogens with one attached hydrogen (secondary N) is 1. The Labute approximate surface area is 149 Å². The van der Waals surface area contributed by atoms with Gasteiger partial charge in [-0.25, -0.2) is 0 Å². The molecule has 4 rings (SSSR count). The van der Waals surface area contributed by atoms with Gasteiger partial charge in [0.1, 0.15) is 6.04 Å². The quantitative estimate of drug-likeness (QED) is 0.594. The fourth-order valence-electron chi connectivity index (χ4n) is 2.59. The van der Waals surface area contributed by atoms with Gasteiger partial charge >= 0.3 is 0 Å². The molecule has 0 radical (unpaired) electrons. The summed E-state index contributed by atoms with van der Waals surface area (Å²) in [7, 11) is 0. The minimum Gasteiger partial charge on any atom is -0.459 e. The number of rotatable bonds is 5. The molecular formula is C20H15N3O3. The minimum absolute atomic E-state index is 0.216. The Bertz CT molecular complexity index is 980. The van der Waals surface area contributed by atoms with Gasteiger partial charge in [0.25, 0.3) is 5.91 Å². The molecule has 6 heteroatoms. The molecule has 0 bridgehead atoms. The van der Waals surface area contributed by atoms with Crippen LogP contribution in [0.2, 0.25) is 0 Å². The zero-order valence-corrected chi connectivity index (χ0v) is 13.7. The van der Waals surface area contributed by atoms with E-state index in [0.717, 1.165) is 11.1 Å². The maximum Gasteiger partial charge on any atom is 0.287 e. The average molecular weight is 345 g/mol. The number of carbonyl (C=O) groups is 1. The molecule has 1 N–H and O–H groups in total. The number of hydrogen-bond donors (Lipinski definition) is 1. The summed E-state index contributed by atoms with van der Waals surface area (Å²) in [6.45, 7) is 0. The zero-order chi connectivity index (χ0) is 17.8. The second-order valence-electron chi connectivity index (χ2n) is 5.61. The third-order valence-corrected chi connectivity index (χ3v) is 3.86. The first-order valence-electron chi connectivity index (χ1n) is 8.09. The van der Waals surface area contributed by atoms with Crippen molar-refractivity contribution in [3.8, 4) is 11.5 Å². The number of furan rings is 1. The molecule has 0 unspecified atom stereocenters. The number of carbonyl (C=O) groups excluding carboxylic acids is 1. The number of amides is 1. The van der Waals surface area contributed by atoms with Gasteiger partial charge in [-0.15, -0.1) is 10.2 Å². The summed E-state index contributed by atoms with van der Waals surface area (Å²) in [4.78, 5) is 12.4. The van der Waals surface area contributed by atoms with Crippen LogP contribution < -0.4 is 5.32 Å². The summed E-state index contributed by atoms with van der Waals surface area (Å²) in [5.74, 6) is 0.556. The lowest BCUT2D eigenvalue weighted by Crippen LogP contribution is -2.29. The van der Waals surface area contributed by atoms with Crippen LogP contribution >= 0.6 is 0 Å². The van der Waals surface area contributed by atoms with Crippen molar-refractivity contribution in [2.75, 3.05) is 0 Å². The standard InChI is InChI=1S/C20H15N3O3/c24-18(16-12-7-13-25-16)21-17(14-8-3-1-4-9-14)20-23-22-19(26-20)15-10-5-2-6-11-15/h1-13,17H,(H,21,24)/t17-/m0/s1. The van der Waals surface area contributed by atoms with Gasteiger partial charge in [-0.3, -0.25) is 4.79 Å². The van der Waals surface area contributed by atoms with E-state index in [9.17, 15) is 4.79 Å². The average Bonchev–Trinajstić information content (AvgIpc) is 3.39. The number of hydrogen-bond acceptors (Lipinski definition) is 5. The van der Waals surface area contributed by atoms with Crippen molar-refractivity contribution < 1.29 is 13.6 Å². The predicted octanol–water partition coefficient (Wildman–Crippen LogP) is 3.85. The van der Waals surface area contributed by atoms with E-state index in [4.69, 9.17) is 8.83 Å². The number of nitrogens with zero attached hydrogens (tertiary/aromatic N) is 2. The van der Waals surface area contributed by atoms with Crippen molar-refractivity contribution in [3.05, 3.63) is 96.3 Å². The maximum absolute atomic E-state index is 12.4. The van der Waals surface area contributed by atoms with E-state index < -0.39 is 6.04 Å². The predicted molar refractivity (Wildman–Crippen MR) is 94.2 cm³/mol. The minimum atomic E-state index is -0.584. The highest BCUT2D eigenvalue weighted by atomic mass is 16.4. The monoisotopic (exact) mass is 345 g/mol. The van der Waals surface area contributed by atoms with Crippen molar-refractivity contribution in [3.63, 3.8) is 0 Å². The number of aromatic nitrogens is 2. The highest BCUT2D eigenvalue weighted by Crippen LogP contribution is 2.25. The molecule has 1 amide bonds. The molecule has 0 aliphatic rings. The van der Waals surface area contributed by atoms with E-state index in [2.05, 4.69) is 15.5 Å². The maximum atomic E-state index is 12.4. The van der Waals surface area contributed by atoms with E-state index in [0.29, 0.717) is 11.8 Å². The molecule has 0 saturated carbocycles. The van der Waals surface area contributed by atoms with Gasteiger partial charge < -0.3 is 14.2 Å². The van der Waals surface area contributed by atoms with Gasteiger partial charge in [0.15, 0.2) is 5.76 Å². The Morgan fingerprint density at radius 2 is 1.62 bits per heavy atom. The molecule has 2 heterocycles. The molecule has 0 saturated heterocycles. The summed E-state index contributed by atoms with van der Waals surface area (Å²) in [5.41, 5.74) is 1.64. The Hall–Kier alpha value is -3.67. The molecule has 2 aromatic heterocycles. The van der Waals surface area contributed by atoms with Gasteiger partial charge in [-0.1, -0.05) is 48.5 Å². The molecule has 0 aliphatic heterocycles. The Morgan fingerprint density at radius 3 is 2.31 bits per heavy atom. The van der Waals surface area contributed by atoms with E-state index in [1.54, 1.807) is 12.1 Å². The lowest BCUT2D eigenvalue weighted by atomic mass is 10.1. The summed E-state index contributed by atoms with van der Waals surface area (Å²) in [5, 5.41) is 11.1. The normalized spacial score (nSPS) is 11.8. The lowest BCUT2D eigenvalue weighted by molar-refractivity contribution is 0.0910. The van der Waals surface area contributed by atoms with Gasteiger partial charge in [0.05, 0.1) is 6.26 Å².